The standard InChI is InChI=1S/C7H14N2O2.ClH/c10-6-1-7(11)9-4-2-8-3-5-9;/h8,10H,1-6H2;1H. The van der Waals surface area contributed by atoms with Crippen LogP contribution in [0.15, 0.2) is 0 Å². The van der Waals surface area contributed by atoms with E-state index in [1.165, 1.54) is 0 Å². The molecule has 1 rings (SSSR count). The number of aliphatic hydroxyl groups is 1. The zero-order chi connectivity index (χ0) is 8.10. The number of aliphatic hydroxyl groups excluding tert-OH is 1. The Balaban J connectivity index is 0.00000121. The molecule has 0 spiro atoms. The molecule has 0 aliphatic carbocycles. The summed E-state index contributed by atoms with van der Waals surface area (Å²) in [6.45, 7) is 3.26. The molecule has 12 heavy (non-hydrogen) atoms. The number of nitrogens with one attached hydrogen (secondary N) is 1. The van der Waals surface area contributed by atoms with Crippen LogP contribution < -0.4 is 5.32 Å². The van der Waals surface area contributed by atoms with Gasteiger partial charge in [-0.2, -0.15) is 0 Å². The first-order valence-corrected chi connectivity index (χ1v) is 3.94. The van der Waals surface area contributed by atoms with Crippen molar-refractivity contribution in [3.05, 3.63) is 0 Å². The van der Waals surface area contributed by atoms with Gasteiger partial charge in [-0.3, -0.25) is 4.79 Å². The Morgan fingerprint density at radius 2 is 2.00 bits per heavy atom. The quantitative estimate of drug-likeness (QED) is 0.607. The normalized spacial score (nSPS) is 16.9. The lowest BCUT2D eigenvalue weighted by Crippen LogP contribution is -2.46. The minimum absolute atomic E-state index is 0. The molecule has 4 nitrogen and oxygen atoms in total. The summed E-state index contributed by atoms with van der Waals surface area (Å²) < 4.78 is 0. The Labute approximate surface area is 78.3 Å². The third kappa shape index (κ3) is 3.38. The van der Waals surface area contributed by atoms with Crippen LogP contribution in [0.5, 0.6) is 0 Å². The van der Waals surface area contributed by atoms with Gasteiger partial charge in [0.2, 0.25) is 5.91 Å². The van der Waals surface area contributed by atoms with Gasteiger partial charge in [0, 0.05) is 32.6 Å². The van der Waals surface area contributed by atoms with E-state index in [-0.39, 0.29) is 31.3 Å². The Morgan fingerprint density at radius 3 is 2.50 bits per heavy atom. The number of carbonyl (C=O) groups is 1. The molecule has 0 atom stereocenters. The minimum Gasteiger partial charge on any atom is -0.396 e. The van der Waals surface area contributed by atoms with Crippen LogP contribution in [0.2, 0.25) is 0 Å². The minimum atomic E-state index is -0.0389. The summed E-state index contributed by atoms with van der Waals surface area (Å²) in [7, 11) is 0. The Kier molecular flexibility index (Phi) is 6.06. The van der Waals surface area contributed by atoms with Crippen LogP contribution in [0.1, 0.15) is 6.42 Å². The lowest BCUT2D eigenvalue weighted by atomic mass is 10.3. The lowest BCUT2D eigenvalue weighted by Gasteiger charge is -2.27. The summed E-state index contributed by atoms with van der Waals surface area (Å²) in [6, 6.07) is 0. The van der Waals surface area contributed by atoms with E-state index in [4.69, 9.17) is 5.11 Å². The maximum absolute atomic E-state index is 11.1. The summed E-state index contributed by atoms with van der Waals surface area (Å²) in [5, 5.41) is 11.7. The average molecular weight is 195 g/mol. The van der Waals surface area contributed by atoms with Gasteiger partial charge in [0.25, 0.3) is 0 Å². The second-order valence-electron chi connectivity index (χ2n) is 2.60. The summed E-state index contributed by atoms with van der Waals surface area (Å²) in [4.78, 5) is 12.9. The van der Waals surface area contributed by atoms with Crippen LogP contribution in [-0.2, 0) is 4.79 Å². The highest BCUT2D eigenvalue weighted by Gasteiger charge is 2.14. The van der Waals surface area contributed by atoms with Crippen LogP contribution >= 0.6 is 12.4 Å². The second-order valence-corrected chi connectivity index (χ2v) is 2.60. The van der Waals surface area contributed by atoms with Gasteiger partial charge in [-0.05, 0) is 0 Å². The van der Waals surface area contributed by atoms with Crippen molar-refractivity contribution in [2.24, 2.45) is 0 Å². The fraction of sp³-hybridized carbons (Fsp3) is 0.857. The molecule has 1 aliphatic rings. The smallest absolute Gasteiger partial charge is 0.224 e. The van der Waals surface area contributed by atoms with Crippen LogP contribution in [-0.4, -0.2) is 48.7 Å². The highest BCUT2D eigenvalue weighted by atomic mass is 35.5. The molecule has 1 saturated heterocycles. The zero-order valence-electron chi connectivity index (χ0n) is 6.95. The number of hydrogen-bond acceptors (Lipinski definition) is 3. The summed E-state index contributed by atoms with van der Waals surface area (Å²) in [5.74, 6) is 0.0639. The number of amides is 1. The first-order valence-electron chi connectivity index (χ1n) is 3.94. The predicted molar refractivity (Wildman–Crippen MR) is 48.4 cm³/mol. The number of halogens is 1. The molecular weight excluding hydrogens is 180 g/mol. The molecule has 1 heterocycles. The molecular formula is C7H15ClN2O2. The maximum atomic E-state index is 11.1. The molecule has 0 radical (unpaired) electrons. The molecule has 1 amide bonds. The van der Waals surface area contributed by atoms with Crippen molar-refractivity contribution < 1.29 is 9.90 Å². The van der Waals surface area contributed by atoms with E-state index in [0.29, 0.717) is 0 Å². The third-order valence-electron chi connectivity index (χ3n) is 1.80. The molecule has 0 bridgehead atoms. The first-order chi connectivity index (χ1) is 5.34. The number of piperazine rings is 1. The topological polar surface area (TPSA) is 52.6 Å². The Bertz CT molecular complexity index is 137. The van der Waals surface area contributed by atoms with Crippen LogP contribution in [0.3, 0.4) is 0 Å². The van der Waals surface area contributed by atoms with E-state index in [1.54, 1.807) is 4.90 Å². The molecule has 0 aromatic rings. The molecule has 1 aliphatic heterocycles. The summed E-state index contributed by atoms with van der Waals surface area (Å²) >= 11 is 0. The molecule has 0 aromatic carbocycles. The van der Waals surface area contributed by atoms with E-state index in [9.17, 15) is 4.79 Å². The SMILES string of the molecule is Cl.O=C(CCO)N1CCNCC1. The van der Waals surface area contributed by atoms with E-state index in [2.05, 4.69) is 5.32 Å². The Morgan fingerprint density at radius 1 is 1.42 bits per heavy atom. The van der Waals surface area contributed by atoms with Gasteiger partial charge in [0.1, 0.15) is 0 Å². The summed E-state index contributed by atoms with van der Waals surface area (Å²) in [6.07, 6.45) is 0.264. The van der Waals surface area contributed by atoms with Crippen molar-refractivity contribution in [1.82, 2.24) is 10.2 Å². The molecule has 72 valence electrons. The van der Waals surface area contributed by atoms with Gasteiger partial charge in [0.15, 0.2) is 0 Å². The summed E-state index contributed by atoms with van der Waals surface area (Å²) in [5.41, 5.74) is 0. The molecule has 0 aromatic heterocycles. The highest BCUT2D eigenvalue weighted by Crippen LogP contribution is 1.95. The Hall–Kier alpha value is -0.320. The number of carbonyl (C=O) groups excluding carboxylic acids is 1. The van der Waals surface area contributed by atoms with Crippen molar-refractivity contribution in [2.45, 2.75) is 6.42 Å². The third-order valence-corrected chi connectivity index (χ3v) is 1.80. The van der Waals surface area contributed by atoms with Crippen molar-refractivity contribution in [3.8, 4) is 0 Å². The van der Waals surface area contributed by atoms with Crippen molar-refractivity contribution in [2.75, 3.05) is 32.8 Å². The van der Waals surface area contributed by atoms with Gasteiger partial charge < -0.3 is 15.3 Å². The average Bonchev–Trinajstić information content (AvgIpc) is 2.07. The number of hydrogen-bond donors (Lipinski definition) is 2. The second kappa shape index (κ2) is 6.22. The van der Waals surface area contributed by atoms with Crippen molar-refractivity contribution >= 4 is 18.3 Å². The van der Waals surface area contributed by atoms with Crippen LogP contribution in [0, 0.1) is 0 Å². The van der Waals surface area contributed by atoms with E-state index in [0.717, 1.165) is 26.2 Å². The predicted octanol–water partition coefficient (Wildman–Crippen LogP) is -0.778. The van der Waals surface area contributed by atoms with E-state index in [1.807, 2.05) is 0 Å². The fourth-order valence-corrected chi connectivity index (χ4v) is 1.17. The molecule has 5 heteroatoms. The van der Waals surface area contributed by atoms with Crippen molar-refractivity contribution in [3.63, 3.8) is 0 Å². The largest absolute Gasteiger partial charge is 0.396 e. The van der Waals surface area contributed by atoms with E-state index < -0.39 is 0 Å². The monoisotopic (exact) mass is 194 g/mol. The van der Waals surface area contributed by atoms with Crippen LogP contribution in [0.4, 0.5) is 0 Å². The van der Waals surface area contributed by atoms with Gasteiger partial charge in [-0.15, -0.1) is 12.4 Å². The first kappa shape index (κ1) is 11.7. The molecule has 1 fully saturated rings. The van der Waals surface area contributed by atoms with Gasteiger partial charge in [0.05, 0.1) is 6.61 Å². The maximum Gasteiger partial charge on any atom is 0.224 e. The number of rotatable bonds is 2. The molecule has 0 saturated carbocycles. The van der Waals surface area contributed by atoms with Gasteiger partial charge >= 0.3 is 0 Å². The lowest BCUT2D eigenvalue weighted by molar-refractivity contribution is -0.132. The molecule has 0 unspecified atom stereocenters. The zero-order valence-corrected chi connectivity index (χ0v) is 7.77. The fourth-order valence-electron chi connectivity index (χ4n) is 1.17. The van der Waals surface area contributed by atoms with Crippen molar-refractivity contribution in [1.29, 1.82) is 0 Å². The van der Waals surface area contributed by atoms with Gasteiger partial charge in [-0.25, -0.2) is 0 Å². The van der Waals surface area contributed by atoms with E-state index >= 15 is 0 Å². The highest BCUT2D eigenvalue weighted by molar-refractivity contribution is 5.85. The molecule has 2 N–H and O–H groups in total. The van der Waals surface area contributed by atoms with Crippen LogP contribution in [0.25, 0.3) is 0 Å². The van der Waals surface area contributed by atoms with Gasteiger partial charge in [-0.1, -0.05) is 0 Å². The number of nitrogens with zero attached hydrogens (tertiary/aromatic N) is 1.